The molecule has 1 unspecified atom stereocenters. The minimum Gasteiger partial charge on any atom is -0.479 e. The van der Waals surface area contributed by atoms with Gasteiger partial charge in [-0.25, -0.2) is 4.79 Å². The topological polar surface area (TPSA) is 89.9 Å². The van der Waals surface area contributed by atoms with E-state index in [9.17, 15) is 14.4 Å². The first-order valence-electron chi connectivity index (χ1n) is 5.65. The van der Waals surface area contributed by atoms with Crippen molar-refractivity contribution in [2.24, 2.45) is 0 Å². The molecule has 1 atom stereocenters. The van der Waals surface area contributed by atoms with Gasteiger partial charge in [0.2, 0.25) is 0 Å². The van der Waals surface area contributed by atoms with Gasteiger partial charge in [-0.2, -0.15) is 0 Å². The van der Waals surface area contributed by atoms with E-state index in [1.165, 1.54) is 0 Å². The molecular formula is C13H14O6. The van der Waals surface area contributed by atoms with Gasteiger partial charge in [0.15, 0.2) is 6.10 Å². The number of carbonyl (C=O) groups is 3. The number of rotatable bonds is 6. The van der Waals surface area contributed by atoms with Crippen molar-refractivity contribution in [3.63, 3.8) is 0 Å². The summed E-state index contributed by atoms with van der Waals surface area (Å²) < 4.78 is 9.54. The molecular weight excluding hydrogens is 252 g/mol. The molecule has 0 fully saturated rings. The van der Waals surface area contributed by atoms with E-state index < -0.39 is 24.0 Å². The van der Waals surface area contributed by atoms with E-state index in [4.69, 9.17) is 9.84 Å². The van der Waals surface area contributed by atoms with Crippen molar-refractivity contribution in [1.29, 1.82) is 0 Å². The van der Waals surface area contributed by atoms with Crippen LogP contribution in [-0.2, 0) is 19.1 Å². The molecule has 0 saturated heterocycles. The summed E-state index contributed by atoms with van der Waals surface area (Å²) in [7, 11) is 0. The molecule has 1 N–H and O–H groups in total. The van der Waals surface area contributed by atoms with Crippen LogP contribution in [0.1, 0.15) is 19.8 Å². The summed E-state index contributed by atoms with van der Waals surface area (Å²) in [6.07, 6.45) is -1.61. The first kappa shape index (κ1) is 14.7. The zero-order valence-electron chi connectivity index (χ0n) is 10.4. The number of para-hydroxylation sites is 1. The van der Waals surface area contributed by atoms with Crippen LogP contribution in [0.5, 0.6) is 5.75 Å². The van der Waals surface area contributed by atoms with E-state index in [0.717, 1.165) is 6.92 Å². The van der Waals surface area contributed by atoms with Crippen LogP contribution < -0.4 is 4.74 Å². The van der Waals surface area contributed by atoms with Gasteiger partial charge in [-0.05, 0) is 12.1 Å². The minimum atomic E-state index is -1.33. The Morgan fingerprint density at radius 1 is 1.21 bits per heavy atom. The third-order valence-corrected chi connectivity index (χ3v) is 2.17. The highest BCUT2D eigenvalue weighted by Crippen LogP contribution is 2.11. The summed E-state index contributed by atoms with van der Waals surface area (Å²) in [6, 6.07) is 8.42. The lowest BCUT2D eigenvalue weighted by molar-refractivity contribution is -0.163. The third-order valence-electron chi connectivity index (χ3n) is 2.17. The molecule has 102 valence electrons. The molecule has 0 aliphatic carbocycles. The van der Waals surface area contributed by atoms with Crippen molar-refractivity contribution in [1.82, 2.24) is 0 Å². The number of carboxylic acid groups (broad SMARTS) is 1. The van der Waals surface area contributed by atoms with E-state index in [-0.39, 0.29) is 12.8 Å². The zero-order valence-corrected chi connectivity index (χ0v) is 10.4. The minimum absolute atomic E-state index is 0.124. The molecule has 0 saturated carbocycles. The summed E-state index contributed by atoms with van der Waals surface area (Å²) in [5.74, 6) is -2.19. The van der Waals surface area contributed by atoms with Crippen LogP contribution in [0.3, 0.4) is 0 Å². The Morgan fingerprint density at radius 3 is 2.37 bits per heavy atom. The molecule has 0 aliphatic heterocycles. The summed E-state index contributed by atoms with van der Waals surface area (Å²) >= 11 is 0. The fourth-order valence-corrected chi connectivity index (χ4v) is 1.35. The van der Waals surface area contributed by atoms with Gasteiger partial charge in [0, 0.05) is 13.3 Å². The van der Waals surface area contributed by atoms with E-state index in [1.807, 2.05) is 0 Å². The average Bonchev–Trinajstić information content (AvgIpc) is 2.35. The van der Waals surface area contributed by atoms with Gasteiger partial charge < -0.3 is 14.6 Å². The summed E-state index contributed by atoms with van der Waals surface area (Å²) in [5, 5.41) is 8.80. The van der Waals surface area contributed by atoms with E-state index in [0.29, 0.717) is 5.75 Å². The summed E-state index contributed by atoms with van der Waals surface area (Å²) in [6.45, 7) is 1.11. The number of hydrogen-bond acceptors (Lipinski definition) is 5. The highest BCUT2D eigenvalue weighted by molar-refractivity contribution is 5.78. The van der Waals surface area contributed by atoms with Crippen LogP contribution in [0, 0.1) is 0 Å². The van der Waals surface area contributed by atoms with E-state index in [2.05, 4.69) is 4.74 Å². The second-order valence-electron chi connectivity index (χ2n) is 3.76. The third kappa shape index (κ3) is 5.67. The highest BCUT2D eigenvalue weighted by Gasteiger charge is 2.22. The Balaban J connectivity index is 2.44. The molecule has 19 heavy (non-hydrogen) atoms. The molecule has 0 aromatic heterocycles. The molecule has 0 bridgehead atoms. The standard InChI is InChI=1S/C13H14O6/c1-9(14)18-11(13(16)17)7-8-12(15)19-10-5-3-2-4-6-10/h2-6,11H,7-8H2,1H3,(H,16,17). The number of aliphatic carboxylic acids is 1. The molecule has 0 heterocycles. The number of carboxylic acids is 1. The quantitative estimate of drug-likeness (QED) is 0.618. The first-order chi connectivity index (χ1) is 8.99. The average molecular weight is 266 g/mol. The van der Waals surface area contributed by atoms with E-state index >= 15 is 0 Å². The molecule has 1 aromatic rings. The zero-order chi connectivity index (χ0) is 14.3. The predicted octanol–water partition coefficient (Wildman–Crippen LogP) is 1.39. The lowest BCUT2D eigenvalue weighted by Gasteiger charge is -2.11. The van der Waals surface area contributed by atoms with Gasteiger partial charge in [0.05, 0.1) is 6.42 Å². The van der Waals surface area contributed by atoms with Crippen LogP contribution in [0.2, 0.25) is 0 Å². The predicted molar refractivity (Wildman–Crippen MR) is 64.5 cm³/mol. The van der Waals surface area contributed by atoms with Crippen LogP contribution in [0.25, 0.3) is 0 Å². The fourth-order valence-electron chi connectivity index (χ4n) is 1.35. The summed E-state index contributed by atoms with van der Waals surface area (Å²) in [4.78, 5) is 32.9. The summed E-state index contributed by atoms with van der Waals surface area (Å²) in [5.41, 5.74) is 0. The lowest BCUT2D eigenvalue weighted by atomic mass is 10.2. The number of ether oxygens (including phenoxy) is 2. The van der Waals surface area contributed by atoms with Gasteiger partial charge in [0.1, 0.15) is 5.75 Å². The van der Waals surface area contributed by atoms with Crippen LogP contribution in [0.4, 0.5) is 0 Å². The van der Waals surface area contributed by atoms with Crippen molar-refractivity contribution >= 4 is 17.9 Å². The largest absolute Gasteiger partial charge is 0.479 e. The van der Waals surface area contributed by atoms with Gasteiger partial charge in [-0.15, -0.1) is 0 Å². The molecule has 0 radical (unpaired) electrons. The lowest BCUT2D eigenvalue weighted by Crippen LogP contribution is -2.27. The first-order valence-corrected chi connectivity index (χ1v) is 5.65. The highest BCUT2D eigenvalue weighted by atomic mass is 16.6. The molecule has 1 aromatic carbocycles. The smallest absolute Gasteiger partial charge is 0.345 e. The maximum Gasteiger partial charge on any atom is 0.345 e. The van der Waals surface area contributed by atoms with Crippen molar-refractivity contribution in [3.05, 3.63) is 30.3 Å². The second-order valence-corrected chi connectivity index (χ2v) is 3.76. The Hall–Kier alpha value is -2.37. The molecule has 0 aliphatic rings. The van der Waals surface area contributed by atoms with Gasteiger partial charge in [0.25, 0.3) is 0 Å². The molecule has 1 rings (SSSR count). The van der Waals surface area contributed by atoms with Crippen LogP contribution >= 0.6 is 0 Å². The SMILES string of the molecule is CC(=O)OC(CCC(=O)Oc1ccccc1)C(=O)O. The molecule has 0 spiro atoms. The number of carbonyl (C=O) groups excluding carboxylic acids is 2. The van der Waals surface area contributed by atoms with Crippen molar-refractivity contribution < 1.29 is 29.0 Å². The number of esters is 2. The van der Waals surface area contributed by atoms with E-state index in [1.54, 1.807) is 30.3 Å². The molecule has 0 amide bonds. The van der Waals surface area contributed by atoms with Crippen molar-refractivity contribution in [2.45, 2.75) is 25.9 Å². The second kappa shape index (κ2) is 7.15. The van der Waals surface area contributed by atoms with Crippen LogP contribution in [-0.4, -0.2) is 29.1 Å². The van der Waals surface area contributed by atoms with Crippen molar-refractivity contribution in [3.8, 4) is 5.75 Å². The number of hydrogen-bond donors (Lipinski definition) is 1. The molecule has 6 nitrogen and oxygen atoms in total. The number of benzene rings is 1. The Kier molecular flexibility index (Phi) is 5.53. The normalized spacial score (nSPS) is 11.4. The van der Waals surface area contributed by atoms with Crippen LogP contribution in [0.15, 0.2) is 30.3 Å². The maximum absolute atomic E-state index is 11.5. The van der Waals surface area contributed by atoms with Gasteiger partial charge in [-0.1, -0.05) is 18.2 Å². The molecule has 6 heteroatoms. The fraction of sp³-hybridized carbons (Fsp3) is 0.308. The Bertz CT molecular complexity index is 453. The van der Waals surface area contributed by atoms with Gasteiger partial charge >= 0.3 is 17.9 Å². The maximum atomic E-state index is 11.5. The van der Waals surface area contributed by atoms with Gasteiger partial charge in [-0.3, -0.25) is 9.59 Å². The van der Waals surface area contributed by atoms with Crippen molar-refractivity contribution in [2.75, 3.05) is 0 Å². The monoisotopic (exact) mass is 266 g/mol. The Labute approximate surface area is 109 Å². The Morgan fingerprint density at radius 2 is 1.84 bits per heavy atom.